The summed E-state index contributed by atoms with van der Waals surface area (Å²) in [4.78, 5) is 14.5. The Morgan fingerprint density at radius 1 is 1.00 bits per heavy atom. The normalized spacial score (nSPS) is 14.6. The molecule has 0 spiro atoms. The molecule has 0 aliphatic heterocycles. The van der Waals surface area contributed by atoms with Gasteiger partial charge in [-0.25, -0.2) is 4.39 Å². The van der Waals surface area contributed by atoms with Crippen LogP contribution in [0.1, 0.15) is 30.0 Å². The molecule has 29 heavy (non-hydrogen) atoms. The molecule has 4 nitrogen and oxygen atoms in total. The number of nitrogens with two attached hydrogens (primary N) is 1. The average Bonchev–Trinajstić information content (AvgIpc) is 3.55. The zero-order chi connectivity index (χ0) is 20.2. The quantitative estimate of drug-likeness (QED) is 0.601. The van der Waals surface area contributed by atoms with E-state index in [4.69, 9.17) is 10.5 Å². The molecular formula is C24H23FN2O2. The molecule has 1 fully saturated rings. The van der Waals surface area contributed by atoms with E-state index >= 15 is 0 Å². The van der Waals surface area contributed by atoms with Crippen LogP contribution in [0.5, 0.6) is 11.5 Å². The highest BCUT2D eigenvalue weighted by atomic mass is 19.1. The minimum Gasteiger partial charge on any atom is -0.457 e. The van der Waals surface area contributed by atoms with Crippen LogP contribution in [0.4, 0.5) is 4.39 Å². The van der Waals surface area contributed by atoms with Crippen LogP contribution in [0, 0.1) is 5.82 Å². The summed E-state index contributed by atoms with van der Waals surface area (Å²) in [6, 6.07) is 23.3. The molecule has 1 amide bonds. The molecule has 4 rings (SSSR count). The molecule has 5 heteroatoms. The lowest BCUT2D eigenvalue weighted by Crippen LogP contribution is -2.38. The maximum Gasteiger partial charge on any atom is 0.239 e. The van der Waals surface area contributed by atoms with E-state index in [2.05, 4.69) is 4.90 Å². The van der Waals surface area contributed by atoms with E-state index in [9.17, 15) is 9.18 Å². The lowest BCUT2D eigenvalue weighted by Gasteiger charge is -2.30. The number of halogens is 1. The summed E-state index contributed by atoms with van der Waals surface area (Å²) in [5.41, 5.74) is 7.76. The van der Waals surface area contributed by atoms with Gasteiger partial charge >= 0.3 is 0 Å². The molecular weight excluding hydrogens is 367 g/mol. The summed E-state index contributed by atoms with van der Waals surface area (Å²) in [6.45, 7) is 0.618. The third kappa shape index (κ3) is 4.81. The Balaban J connectivity index is 1.50. The molecule has 0 unspecified atom stereocenters. The van der Waals surface area contributed by atoms with Crippen molar-refractivity contribution in [3.8, 4) is 11.5 Å². The molecule has 1 saturated carbocycles. The predicted octanol–water partition coefficient (Wildman–Crippen LogP) is 4.81. The zero-order valence-electron chi connectivity index (χ0n) is 16.0. The SMILES string of the molecule is NC(=O)[C@@H](c1ccccc1)N(Cc1ccc(Oc2cccc(F)c2)cc1)C1CC1. The fraction of sp³-hybridized carbons (Fsp3) is 0.208. The smallest absolute Gasteiger partial charge is 0.239 e. The number of benzene rings is 3. The van der Waals surface area contributed by atoms with Crippen LogP contribution in [-0.4, -0.2) is 16.8 Å². The molecule has 1 atom stereocenters. The van der Waals surface area contributed by atoms with Crippen molar-refractivity contribution in [3.63, 3.8) is 0 Å². The largest absolute Gasteiger partial charge is 0.457 e. The topological polar surface area (TPSA) is 55.6 Å². The van der Waals surface area contributed by atoms with Crippen LogP contribution < -0.4 is 10.5 Å². The summed E-state index contributed by atoms with van der Waals surface area (Å²) < 4.78 is 19.0. The van der Waals surface area contributed by atoms with Gasteiger partial charge in [0.05, 0.1) is 0 Å². The summed E-state index contributed by atoms with van der Waals surface area (Å²) in [5, 5.41) is 0. The van der Waals surface area contributed by atoms with Crippen molar-refractivity contribution >= 4 is 5.91 Å². The zero-order valence-corrected chi connectivity index (χ0v) is 16.0. The van der Waals surface area contributed by atoms with Crippen LogP contribution in [0.15, 0.2) is 78.9 Å². The van der Waals surface area contributed by atoms with Gasteiger partial charge in [0.2, 0.25) is 5.91 Å². The van der Waals surface area contributed by atoms with Gasteiger partial charge in [-0.3, -0.25) is 9.69 Å². The molecule has 3 aromatic carbocycles. The molecule has 2 N–H and O–H groups in total. The highest BCUT2D eigenvalue weighted by molar-refractivity contribution is 5.81. The monoisotopic (exact) mass is 390 g/mol. The highest BCUT2D eigenvalue weighted by Gasteiger charge is 2.37. The molecule has 0 heterocycles. The second kappa shape index (κ2) is 8.45. The lowest BCUT2D eigenvalue weighted by atomic mass is 10.0. The van der Waals surface area contributed by atoms with Crippen molar-refractivity contribution in [2.24, 2.45) is 5.73 Å². The molecule has 1 aliphatic carbocycles. The third-order valence-corrected chi connectivity index (χ3v) is 5.05. The number of rotatable bonds is 8. The first kappa shape index (κ1) is 19.2. The van der Waals surface area contributed by atoms with Crippen LogP contribution in [-0.2, 0) is 11.3 Å². The second-order valence-corrected chi connectivity index (χ2v) is 7.32. The Morgan fingerprint density at radius 2 is 1.72 bits per heavy atom. The maximum atomic E-state index is 13.3. The minimum atomic E-state index is -0.452. The van der Waals surface area contributed by atoms with Crippen molar-refractivity contribution in [2.45, 2.75) is 31.5 Å². The van der Waals surface area contributed by atoms with Gasteiger partial charge in [0.1, 0.15) is 23.4 Å². The maximum absolute atomic E-state index is 13.3. The van der Waals surface area contributed by atoms with Gasteiger partial charge in [-0.1, -0.05) is 48.5 Å². The number of amides is 1. The van der Waals surface area contributed by atoms with Gasteiger partial charge in [-0.05, 0) is 48.2 Å². The van der Waals surface area contributed by atoms with Crippen LogP contribution in [0.25, 0.3) is 0 Å². The molecule has 1 aliphatic rings. The number of hydrogen-bond acceptors (Lipinski definition) is 3. The second-order valence-electron chi connectivity index (χ2n) is 7.32. The van der Waals surface area contributed by atoms with Crippen LogP contribution in [0.3, 0.4) is 0 Å². The average molecular weight is 390 g/mol. The Hall–Kier alpha value is -3.18. The Kier molecular flexibility index (Phi) is 5.58. The van der Waals surface area contributed by atoms with Crippen LogP contribution >= 0.6 is 0 Å². The van der Waals surface area contributed by atoms with Crippen molar-refractivity contribution in [3.05, 3.63) is 95.8 Å². The van der Waals surface area contributed by atoms with E-state index in [1.54, 1.807) is 12.1 Å². The van der Waals surface area contributed by atoms with E-state index in [1.807, 2.05) is 54.6 Å². The van der Waals surface area contributed by atoms with Crippen molar-refractivity contribution in [1.82, 2.24) is 4.90 Å². The van der Waals surface area contributed by atoms with Gasteiger partial charge in [0.15, 0.2) is 0 Å². The van der Waals surface area contributed by atoms with E-state index in [1.165, 1.54) is 12.1 Å². The summed E-state index contributed by atoms with van der Waals surface area (Å²) in [5.74, 6) is 0.411. The first-order chi connectivity index (χ1) is 14.1. The standard InChI is InChI=1S/C24H23FN2O2/c25-19-7-4-8-22(15-19)29-21-13-9-17(10-14-21)16-27(20-11-12-20)23(24(26)28)18-5-2-1-3-6-18/h1-10,13-15,20,23H,11-12,16H2,(H2,26,28)/t23-/m1/s1. The first-order valence-corrected chi connectivity index (χ1v) is 9.72. The summed E-state index contributed by atoms with van der Waals surface area (Å²) in [7, 11) is 0. The summed E-state index contributed by atoms with van der Waals surface area (Å²) in [6.07, 6.45) is 2.13. The molecule has 0 aromatic heterocycles. The van der Waals surface area contributed by atoms with Crippen LogP contribution in [0.2, 0.25) is 0 Å². The number of hydrogen-bond donors (Lipinski definition) is 1. The number of carbonyl (C=O) groups excluding carboxylic acids is 1. The highest BCUT2D eigenvalue weighted by Crippen LogP contribution is 2.36. The van der Waals surface area contributed by atoms with Gasteiger partial charge in [-0.2, -0.15) is 0 Å². The fourth-order valence-corrected chi connectivity index (χ4v) is 3.53. The van der Waals surface area contributed by atoms with E-state index in [0.29, 0.717) is 24.1 Å². The Labute approximate surface area is 169 Å². The molecule has 0 radical (unpaired) electrons. The minimum absolute atomic E-state index is 0.336. The fourth-order valence-electron chi connectivity index (χ4n) is 3.53. The van der Waals surface area contributed by atoms with Gasteiger partial charge in [0.25, 0.3) is 0 Å². The van der Waals surface area contributed by atoms with E-state index < -0.39 is 6.04 Å². The Bertz CT molecular complexity index is 972. The summed E-state index contributed by atoms with van der Waals surface area (Å²) >= 11 is 0. The number of carbonyl (C=O) groups is 1. The van der Waals surface area contributed by atoms with Gasteiger partial charge < -0.3 is 10.5 Å². The lowest BCUT2D eigenvalue weighted by molar-refractivity contribution is -0.124. The van der Waals surface area contributed by atoms with E-state index in [0.717, 1.165) is 24.0 Å². The number of ether oxygens (including phenoxy) is 1. The van der Waals surface area contributed by atoms with Gasteiger partial charge in [-0.15, -0.1) is 0 Å². The van der Waals surface area contributed by atoms with Crippen molar-refractivity contribution < 1.29 is 13.9 Å². The number of nitrogens with zero attached hydrogens (tertiary/aromatic N) is 1. The Morgan fingerprint density at radius 3 is 2.34 bits per heavy atom. The molecule has 0 bridgehead atoms. The van der Waals surface area contributed by atoms with Crippen molar-refractivity contribution in [1.29, 1.82) is 0 Å². The molecule has 3 aromatic rings. The third-order valence-electron chi connectivity index (χ3n) is 5.05. The van der Waals surface area contributed by atoms with Crippen molar-refractivity contribution in [2.75, 3.05) is 0 Å². The van der Waals surface area contributed by atoms with Gasteiger partial charge in [0, 0.05) is 18.7 Å². The molecule has 148 valence electrons. The molecule has 0 saturated heterocycles. The number of primary amides is 1. The first-order valence-electron chi connectivity index (χ1n) is 9.72. The predicted molar refractivity (Wildman–Crippen MR) is 110 cm³/mol. The van der Waals surface area contributed by atoms with E-state index in [-0.39, 0.29) is 11.7 Å².